The Kier molecular flexibility index (Phi) is 5.07. The molecule has 0 radical (unpaired) electrons. The Morgan fingerprint density at radius 3 is 2.94 bits per heavy atom. The molecule has 0 saturated carbocycles. The van der Waals surface area contributed by atoms with E-state index in [0.717, 1.165) is 12.1 Å². The van der Waals surface area contributed by atoms with Gasteiger partial charge in [-0.2, -0.15) is 0 Å². The molecular formula is C13H19N3O. The average Bonchev–Trinajstić information content (AvgIpc) is 2.34. The summed E-state index contributed by atoms with van der Waals surface area (Å²) in [4.78, 5) is 11.9. The summed E-state index contributed by atoms with van der Waals surface area (Å²) in [7, 11) is 0. The number of carbonyl (C=O) groups is 1. The second-order valence-electron chi connectivity index (χ2n) is 3.73. The van der Waals surface area contributed by atoms with Gasteiger partial charge in [0.25, 0.3) is 5.91 Å². The van der Waals surface area contributed by atoms with Crippen molar-refractivity contribution in [2.45, 2.75) is 13.3 Å². The summed E-state index contributed by atoms with van der Waals surface area (Å²) in [5, 5.41) is 5.95. The number of nitrogens with two attached hydrogens (primary N) is 1. The monoisotopic (exact) mass is 233 g/mol. The Hall–Kier alpha value is -1.97. The Morgan fingerprint density at radius 2 is 2.29 bits per heavy atom. The molecule has 0 spiro atoms. The topological polar surface area (TPSA) is 67.1 Å². The number of nitrogens with one attached hydrogen (secondary N) is 2. The van der Waals surface area contributed by atoms with Gasteiger partial charge in [-0.1, -0.05) is 13.0 Å². The number of anilines is 2. The van der Waals surface area contributed by atoms with Gasteiger partial charge in [-0.3, -0.25) is 4.79 Å². The van der Waals surface area contributed by atoms with Crippen molar-refractivity contribution < 1.29 is 4.79 Å². The van der Waals surface area contributed by atoms with Gasteiger partial charge in [0.15, 0.2) is 0 Å². The van der Waals surface area contributed by atoms with E-state index in [9.17, 15) is 4.79 Å². The summed E-state index contributed by atoms with van der Waals surface area (Å²) < 4.78 is 0. The van der Waals surface area contributed by atoms with Gasteiger partial charge in [0, 0.05) is 24.5 Å². The molecule has 0 aliphatic rings. The van der Waals surface area contributed by atoms with Crippen molar-refractivity contribution in [3.63, 3.8) is 0 Å². The Labute approximate surface area is 102 Å². The number of hydrogen-bond acceptors (Lipinski definition) is 3. The molecule has 0 aliphatic heterocycles. The highest BCUT2D eigenvalue weighted by Gasteiger charge is 2.10. The Bertz CT molecular complexity index is 402. The predicted octanol–water partition coefficient (Wildman–Crippen LogP) is 2.01. The zero-order chi connectivity index (χ0) is 12.7. The first-order valence-corrected chi connectivity index (χ1v) is 5.71. The Morgan fingerprint density at radius 1 is 1.53 bits per heavy atom. The molecule has 1 aromatic carbocycles. The Balaban J connectivity index is 2.89. The van der Waals surface area contributed by atoms with Crippen molar-refractivity contribution >= 4 is 17.3 Å². The minimum Gasteiger partial charge on any atom is -0.399 e. The summed E-state index contributed by atoms with van der Waals surface area (Å²) >= 11 is 0. The highest BCUT2D eigenvalue weighted by Crippen LogP contribution is 2.18. The molecule has 1 rings (SSSR count). The van der Waals surface area contributed by atoms with Crippen LogP contribution in [0.4, 0.5) is 11.4 Å². The van der Waals surface area contributed by atoms with Crippen molar-refractivity contribution in [1.82, 2.24) is 5.32 Å². The van der Waals surface area contributed by atoms with Gasteiger partial charge < -0.3 is 16.4 Å². The summed E-state index contributed by atoms with van der Waals surface area (Å²) in [5.74, 6) is -0.106. The molecule has 92 valence electrons. The number of amides is 1. The van der Waals surface area contributed by atoms with Crippen LogP contribution in [0.5, 0.6) is 0 Å². The first kappa shape index (κ1) is 13.1. The van der Waals surface area contributed by atoms with Gasteiger partial charge in [-0.15, -0.1) is 6.58 Å². The number of carbonyl (C=O) groups excluding carboxylic acids is 1. The molecule has 4 N–H and O–H groups in total. The van der Waals surface area contributed by atoms with E-state index >= 15 is 0 Å². The average molecular weight is 233 g/mol. The lowest BCUT2D eigenvalue weighted by Crippen LogP contribution is -2.25. The molecule has 0 fully saturated rings. The van der Waals surface area contributed by atoms with Crippen LogP contribution in [0.25, 0.3) is 0 Å². The zero-order valence-corrected chi connectivity index (χ0v) is 10.1. The smallest absolute Gasteiger partial charge is 0.253 e. The number of nitrogen functional groups attached to an aromatic ring is 1. The van der Waals surface area contributed by atoms with Crippen molar-refractivity contribution in [2.75, 3.05) is 24.1 Å². The fourth-order valence-electron chi connectivity index (χ4n) is 1.42. The van der Waals surface area contributed by atoms with E-state index in [0.29, 0.717) is 24.3 Å². The SMILES string of the molecule is C=CCNc1ccc(N)cc1C(=O)NCCC. The highest BCUT2D eigenvalue weighted by atomic mass is 16.1. The fraction of sp³-hybridized carbons (Fsp3) is 0.308. The number of benzene rings is 1. The molecule has 4 nitrogen and oxygen atoms in total. The van der Waals surface area contributed by atoms with Gasteiger partial charge in [-0.05, 0) is 24.6 Å². The van der Waals surface area contributed by atoms with Crippen LogP contribution in [0.15, 0.2) is 30.9 Å². The maximum absolute atomic E-state index is 11.9. The summed E-state index contributed by atoms with van der Waals surface area (Å²) in [6.45, 7) is 6.91. The van der Waals surface area contributed by atoms with Gasteiger partial charge in [-0.25, -0.2) is 0 Å². The normalized spacial score (nSPS) is 9.71. The standard InChI is InChI=1S/C13H19N3O/c1-3-7-15-12-6-5-10(14)9-11(12)13(17)16-8-4-2/h3,5-6,9,15H,1,4,7-8,14H2,2H3,(H,16,17). The lowest BCUT2D eigenvalue weighted by atomic mass is 10.1. The van der Waals surface area contributed by atoms with Crippen LogP contribution in [-0.4, -0.2) is 19.0 Å². The second kappa shape index (κ2) is 6.58. The molecule has 0 heterocycles. The molecule has 4 heteroatoms. The lowest BCUT2D eigenvalue weighted by molar-refractivity contribution is 0.0954. The van der Waals surface area contributed by atoms with Crippen LogP contribution in [0.2, 0.25) is 0 Å². The molecule has 0 aromatic heterocycles. The predicted molar refractivity (Wildman–Crippen MR) is 72.2 cm³/mol. The zero-order valence-electron chi connectivity index (χ0n) is 10.1. The van der Waals surface area contributed by atoms with Crippen LogP contribution in [-0.2, 0) is 0 Å². The van der Waals surface area contributed by atoms with Crippen molar-refractivity contribution in [3.8, 4) is 0 Å². The first-order chi connectivity index (χ1) is 8.19. The lowest BCUT2D eigenvalue weighted by Gasteiger charge is -2.11. The molecule has 0 saturated heterocycles. The quantitative estimate of drug-likeness (QED) is 0.520. The number of hydrogen-bond donors (Lipinski definition) is 3. The van der Waals surface area contributed by atoms with E-state index in [1.807, 2.05) is 6.92 Å². The molecule has 1 aromatic rings. The molecular weight excluding hydrogens is 214 g/mol. The van der Waals surface area contributed by atoms with E-state index in [2.05, 4.69) is 17.2 Å². The van der Waals surface area contributed by atoms with Gasteiger partial charge in [0.2, 0.25) is 0 Å². The molecule has 0 atom stereocenters. The van der Waals surface area contributed by atoms with Gasteiger partial charge >= 0.3 is 0 Å². The van der Waals surface area contributed by atoms with E-state index < -0.39 is 0 Å². The summed E-state index contributed by atoms with van der Waals surface area (Å²) in [5.41, 5.74) is 7.61. The maximum atomic E-state index is 11.9. The summed E-state index contributed by atoms with van der Waals surface area (Å²) in [6, 6.07) is 5.25. The van der Waals surface area contributed by atoms with E-state index in [1.54, 1.807) is 24.3 Å². The van der Waals surface area contributed by atoms with Crippen molar-refractivity contribution in [3.05, 3.63) is 36.4 Å². The third-order valence-electron chi connectivity index (χ3n) is 2.26. The van der Waals surface area contributed by atoms with E-state index in [1.165, 1.54) is 0 Å². The van der Waals surface area contributed by atoms with E-state index in [-0.39, 0.29) is 5.91 Å². The number of rotatable bonds is 6. The molecule has 0 aliphatic carbocycles. The van der Waals surface area contributed by atoms with Crippen LogP contribution < -0.4 is 16.4 Å². The highest BCUT2D eigenvalue weighted by molar-refractivity contribution is 6.00. The van der Waals surface area contributed by atoms with Gasteiger partial charge in [0.05, 0.1) is 5.56 Å². The van der Waals surface area contributed by atoms with Crippen molar-refractivity contribution in [2.24, 2.45) is 0 Å². The van der Waals surface area contributed by atoms with Crippen LogP contribution >= 0.6 is 0 Å². The van der Waals surface area contributed by atoms with Crippen LogP contribution in [0.1, 0.15) is 23.7 Å². The van der Waals surface area contributed by atoms with Crippen molar-refractivity contribution in [1.29, 1.82) is 0 Å². The molecule has 17 heavy (non-hydrogen) atoms. The molecule has 1 amide bonds. The van der Waals surface area contributed by atoms with E-state index in [4.69, 9.17) is 5.73 Å². The van der Waals surface area contributed by atoms with Crippen LogP contribution in [0, 0.1) is 0 Å². The fourth-order valence-corrected chi connectivity index (χ4v) is 1.42. The summed E-state index contributed by atoms with van der Waals surface area (Å²) in [6.07, 6.45) is 2.65. The minimum absolute atomic E-state index is 0.106. The van der Waals surface area contributed by atoms with Crippen LogP contribution in [0.3, 0.4) is 0 Å². The minimum atomic E-state index is -0.106. The molecule has 0 unspecified atom stereocenters. The second-order valence-corrected chi connectivity index (χ2v) is 3.73. The third-order valence-corrected chi connectivity index (χ3v) is 2.26. The largest absolute Gasteiger partial charge is 0.399 e. The van der Waals surface area contributed by atoms with Gasteiger partial charge in [0.1, 0.15) is 0 Å². The third kappa shape index (κ3) is 3.83. The maximum Gasteiger partial charge on any atom is 0.253 e. The molecule has 0 bridgehead atoms. The first-order valence-electron chi connectivity index (χ1n) is 5.71.